The van der Waals surface area contributed by atoms with Gasteiger partial charge in [0.25, 0.3) is 0 Å². The molecule has 1 aliphatic heterocycles. The van der Waals surface area contributed by atoms with Gasteiger partial charge in [-0.15, -0.1) is 0 Å². The molecule has 0 aromatic heterocycles. The van der Waals surface area contributed by atoms with Gasteiger partial charge in [0.2, 0.25) is 0 Å². The van der Waals surface area contributed by atoms with Gasteiger partial charge >= 0.3 is 5.97 Å². The summed E-state index contributed by atoms with van der Waals surface area (Å²) in [5.74, 6) is -0.133. The second-order valence-electron chi connectivity index (χ2n) is 3.45. The van der Waals surface area contributed by atoms with E-state index in [1.165, 1.54) is 7.11 Å². The van der Waals surface area contributed by atoms with Crippen molar-refractivity contribution in [2.45, 2.75) is 25.4 Å². The maximum Gasteiger partial charge on any atom is 0.308 e. The lowest BCUT2D eigenvalue weighted by molar-refractivity contribution is -0.143. The first kappa shape index (κ1) is 10.5. The highest BCUT2D eigenvalue weighted by Gasteiger charge is 2.23. The van der Waals surface area contributed by atoms with Crippen LogP contribution < -0.4 is 5.32 Å². The third-order valence-electron chi connectivity index (χ3n) is 2.48. The molecule has 0 bridgehead atoms. The van der Waals surface area contributed by atoms with Crippen LogP contribution in [0.2, 0.25) is 0 Å². The van der Waals surface area contributed by atoms with Crippen LogP contribution >= 0.6 is 0 Å². The minimum Gasteiger partial charge on any atom is -0.469 e. The second-order valence-corrected chi connectivity index (χ2v) is 3.45. The summed E-state index contributed by atoms with van der Waals surface area (Å²) >= 11 is 0. The predicted octanol–water partition coefficient (Wildman–Crippen LogP) is -0.0900. The van der Waals surface area contributed by atoms with E-state index in [4.69, 9.17) is 0 Å². The fourth-order valence-electron chi connectivity index (χ4n) is 1.63. The highest BCUT2D eigenvalue weighted by molar-refractivity contribution is 5.69. The van der Waals surface area contributed by atoms with Crippen LogP contribution in [0.4, 0.5) is 0 Å². The minimum absolute atomic E-state index is 0.114. The van der Waals surface area contributed by atoms with Crippen LogP contribution in [0, 0.1) is 5.92 Å². The number of esters is 1. The molecule has 0 amide bonds. The van der Waals surface area contributed by atoms with E-state index in [0.717, 1.165) is 25.9 Å². The molecule has 0 radical (unpaired) electrons. The summed E-state index contributed by atoms with van der Waals surface area (Å²) in [6, 6.07) is 0. The largest absolute Gasteiger partial charge is 0.469 e. The number of aliphatic hydroxyl groups excluding tert-OH is 1. The quantitative estimate of drug-likeness (QED) is 0.606. The van der Waals surface area contributed by atoms with E-state index in [-0.39, 0.29) is 18.3 Å². The number of aliphatic hydroxyl groups is 1. The number of rotatable bonds is 3. The molecule has 0 aromatic carbocycles. The first-order valence-electron chi connectivity index (χ1n) is 4.69. The average molecular weight is 187 g/mol. The summed E-state index contributed by atoms with van der Waals surface area (Å²) in [5, 5.41) is 12.8. The predicted molar refractivity (Wildman–Crippen MR) is 48.2 cm³/mol. The Bertz CT molecular complexity index is 166. The fraction of sp³-hybridized carbons (Fsp3) is 0.889. The molecule has 1 fully saturated rings. The lowest BCUT2D eigenvalue weighted by Gasteiger charge is -2.26. The number of methoxy groups -OCH3 is 1. The Balaban J connectivity index is 2.28. The number of ether oxygens (including phenoxy) is 1. The minimum atomic E-state index is -0.555. The van der Waals surface area contributed by atoms with Crippen molar-refractivity contribution in [2.75, 3.05) is 20.2 Å². The fourth-order valence-corrected chi connectivity index (χ4v) is 1.63. The molecular weight excluding hydrogens is 170 g/mol. The smallest absolute Gasteiger partial charge is 0.308 e. The highest BCUT2D eigenvalue weighted by Crippen LogP contribution is 2.16. The van der Waals surface area contributed by atoms with Crippen molar-refractivity contribution in [3.63, 3.8) is 0 Å². The van der Waals surface area contributed by atoms with Crippen LogP contribution in [0.3, 0.4) is 0 Å². The monoisotopic (exact) mass is 187 g/mol. The standard InChI is InChI=1S/C9H17NO3/c1-13-9(12)5-8(11)7-3-2-4-10-6-7/h7-8,10-11H,2-6H2,1H3/t7-,8+/m1/s1. The molecule has 2 N–H and O–H groups in total. The van der Waals surface area contributed by atoms with Crippen molar-refractivity contribution in [3.05, 3.63) is 0 Å². The number of carbonyl (C=O) groups is 1. The van der Waals surface area contributed by atoms with E-state index < -0.39 is 6.10 Å². The van der Waals surface area contributed by atoms with Crippen LogP contribution in [0.1, 0.15) is 19.3 Å². The Morgan fingerprint density at radius 3 is 3.08 bits per heavy atom. The van der Waals surface area contributed by atoms with Crippen LogP contribution in [0.25, 0.3) is 0 Å². The van der Waals surface area contributed by atoms with Crippen molar-refractivity contribution >= 4 is 5.97 Å². The van der Waals surface area contributed by atoms with Crippen LogP contribution in [0.5, 0.6) is 0 Å². The van der Waals surface area contributed by atoms with Gasteiger partial charge in [-0.1, -0.05) is 0 Å². The SMILES string of the molecule is COC(=O)C[C@H](O)[C@@H]1CCCNC1. The zero-order chi connectivity index (χ0) is 9.68. The molecule has 0 unspecified atom stereocenters. The van der Waals surface area contributed by atoms with Crippen molar-refractivity contribution in [3.8, 4) is 0 Å². The van der Waals surface area contributed by atoms with E-state index in [1.807, 2.05) is 0 Å². The molecule has 0 spiro atoms. The van der Waals surface area contributed by atoms with Crippen LogP contribution in [-0.4, -0.2) is 37.4 Å². The van der Waals surface area contributed by atoms with Crippen molar-refractivity contribution in [1.82, 2.24) is 5.32 Å². The molecule has 1 aliphatic rings. The van der Waals surface area contributed by atoms with Crippen molar-refractivity contribution < 1.29 is 14.6 Å². The lowest BCUT2D eigenvalue weighted by Crippen LogP contribution is -2.37. The molecule has 1 rings (SSSR count). The summed E-state index contributed by atoms with van der Waals surface area (Å²) in [7, 11) is 1.34. The van der Waals surface area contributed by atoms with Gasteiger partial charge in [-0.05, 0) is 25.3 Å². The molecular formula is C9H17NO3. The van der Waals surface area contributed by atoms with Gasteiger partial charge in [0, 0.05) is 6.54 Å². The van der Waals surface area contributed by atoms with Gasteiger partial charge in [0.1, 0.15) is 0 Å². The third kappa shape index (κ3) is 3.32. The van der Waals surface area contributed by atoms with Crippen LogP contribution in [0.15, 0.2) is 0 Å². The Kier molecular flexibility index (Phi) is 4.18. The Morgan fingerprint density at radius 2 is 2.54 bits per heavy atom. The van der Waals surface area contributed by atoms with Crippen molar-refractivity contribution in [1.29, 1.82) is 0 Å². The first-order valence-corrected chi connectivity index (χ1v) is 4.69. The van der Waals surface area contributed by atoms with E-state index in [0.29, 0.717) is 0 Å². The van der Waals surface area contributed by atoms with Gasteiger partial charge in [-0.2, -0.15) is 0 Å². The normalized spacial score (nSPS) is 25.2. The number of hydrogen-bond donors (Lipinski definition) is 2. The molecule has 4 nitrogen and oxygen atoms in total. The topological polar surface area (TPSA) is 58.6 Å². The Hall–Kier alpha value is -0.610. The molecule has 0 aliphatic carbocycles. The second kappa shape index (κ2) is 5.19. The molecule has 4 heteroatoms. The maximum absolute atomic E-state index is 10.9. The molecule has 13 heavy (non-hydrogen) atoms. The zero-order valence-corrected chi connectivity index (χ0v) is 7.95. The summed E-state index contributed by atoms with van der Waals surface area (Å²) in [4.78, 5) is 10.9. The highest BCUT2D eigenvalue weighted by atomic mass is 16.5. The summed E-state index contributed by atoms with van der Waals surface area (Å²) in [5.41, 5.74) is 0. The first-order chi connectivity index (χ1) is 6.24. The summed E-state index contributed by atoms with van der Waals surface area (Å²) in [6.07, 6.45) is 1.62. The van der Waals surface area contributed by atoms with E-state index in [9.17, 15) is 9.90 Å². The van der Waals surface area contributed by atoms with E-state index >= 15 is 0 Å². The number of hydrogen-bond acceptors (Lipinski definition) is 4. The lowest BCUT2D eigenvalue weighted by atomic mass is 9.92. The molecule has 2 atom stereocenters. The van der Waals surface area contributed by atoms with Gasteiger partial charge in [0.15, 0.2) is 0 Å². The van der Waals surface area contributed by atoms with E-state index in [1.54, 1.807) is 0 Å². The Morgan fingerprint density at radius 1 is 1.77 bits per heavy atom. The average Bonchev–Trinajstić information content (AvgIpc) is 2.19. The summed E-state index contributed by atoms with van der Waals surface area (Å²) < 4.78 is 4.49. The van der Waals surface area contributed by atoms with E-state index in [2.05, 4.69) is 10.1 Å². The van der Waals surface area contributed by atoms with Gasteiger partial charge in [-0.3, -0.25) is 4.79 Å². The number of carbonyl (C=O) groups excluding carboxylic acids is 1. The maximum atomic E-state index is 10.9. The van der Waals surface area contributed by atoms with Crippen LogP contribution in [-0.2, 0) is 9.53 Å². The summed E-state index contributed by atoms with van der Waals surface area (Å²) in [6.45, 7) is 1.82. The molecule has 0 aromatic rings. The molecule has 0 saturated carbocycles. The van der Waals surface area contributed by atoms with Gasteiger partial charge < -0.3 is 15.2 Å². The molecule has 1 heterocycles. The number of piperidine rings is 1. The number of nitrogens with one attached hydrogen (secondary N) is 1. The molecule has 1 saturated heterocycles. The van der Waals surface area contributed by atoms with Gasteiger partial charge in [0.05, 0.1) is 19.6 Å². The third-order valence-corrected chi connectivity index (χ3v) is 2.48. The molecule has 76 valence electrons. The van der Waals surface area contributed by atoms with Crippen molar-refractivity contribution in [2.24, 2.45) is 5.92 Å². The zero-order valence-electron chi connectivity index (χ0n) is 7.95. The van der Waals surface area contributed by atoms with Gasteiger partial charge in [-0.25, -0.2) is 0 Å². The Labute approximate surface area is 78.3 Å².